The molecule has 1 aromatic carbocycles. The first-order valence-electron chi connectivity index (χ1n) is 7.44. The number of halogens is 1. The standard InChI is InChI=1S/C16H12ClN5O3/c1-7(19-15-18-6-12-14(22-15)25-16(24)21-12)10-5-8-4-9(17)2-3-11(8)20-13(10)23/h2-7H,1H3,(H,20,23)(H,21,24)(H,18,19,22)/t7-/m0/s1. The van der Waals surface area contributed by atoms with Crippen molar-refractivity contribution in [3.05, 3.63) is 62.0 Å². The molecule has 1 atom stereocenters. The van der Waals surface area contributed by atoms with E-state index in [2.05, 4.69) is 25.3 Å². The minimum atomic E-state index is -0.600. The summed E-state index contributed by atoms with van der Waals surface area (Å²) in [6, 6.07) is 6.64. The van der Waals surface area contributed by atoms with Crippen molar-refractivity contribution in [2.75, 3.05) is 5.32 Å². The highest BCUT2D eigenvalue weighted by Crippen LogP contribution is 2.21. The number of nitrogens with one attached hydrogen (secondary N) is 3. The lowest BCUT2D eigenvalue weighted by Gasteiger charge is -2.13. The van der Waals surface area contributed by atoms with Gasteiger partial charge in [-0.3, -0.25) is 9.78 Å². The van der Waals surface area contributed by atoms with E-state index in [4.69, 9.17) is 16.0 Å². The third-order valence-electron chi connectivity index (χ3n) is 3.83. The summed E-state index contributed by atoms with van der Waals surface area (Å²) in [5.74, 6) is -0.356. The Bertz CT molecular complexity index is 1210. The van der Waals surface area contributed by atoms with Crippen molar-refractivity contribution in [2.24, 2.45) is 0 Å². The van der Waals surface area contributed by atoms with Crippen molar-refractivity contribution >= 4 is 39.7 Å². The van der Waals surface area contributed by atoms with Crippen molar-refractivity contribution < 1.29 is 4.42 Å². The lowest BCUT2D eigenvalue weighted by Crippen LogP contribution is -2.20. The number of aromatic amines is 2. The lowest BCUT2D eigenvalue weighted by atomic mass is 10.1. The van der Waals surface area contributed by atoms with Crippen LogP contribution >= 0.6 is 11.6 Å². The van der Waals surface area contributed by atoms with Gasteiger partial charge in [0.2, 0.25) is 5.95 Å². The molecule has 8 nitrogen and oxygen atoms in total. The molecule has 25 heavy (non-hydrogen) atoms. The maximum Gasteiger partial charge on any atom is 0.418 e. The summed E-state index contributed by atoms with van der Waals surface area (Å²) in [7, 11) is 0. The number of benzene rings is 1. The molecule has 4 rings (SSSR count). The molecule has 9 heteroatoms. The Hall–Kier alpha value is -3.13. The molecule has 0 aliphatic heterocycles. The minimum absolute atomic E-state index is 0.147. The van der Waals surface area contributed by atoms with Crippen LogP contribution in [0.15, 0.2) is 44.5 Å². The molecule has 3 heterocycles. The zero-order chi connectivity index (χ0) is 17.6. The molecule has 0 radical (unpaired) electrons. The second kappa shape index (κ2) is 5.75. The van der Waals surface area contributed by atoms with Gasteiger partial charge >= 0.3 is 5.76 Å². The Morgan fingerprint density at radius 2 is 2.04 bits per heavy atom. The van der Waals surface area contributed by atoms with Crippen LogP contribution in [0.1, 0.15) is 18.5 Å². The van der Waals surface area contributed by atoms with E-state index in [9.17, 15) is 9.59 Å². The summed E-state index contributed by atoms with van der Waals surface area (Å²) in [6.45, 7) is 1.81. The number of rotatable bonds is 3. The second-order valence-electron chi connectivity index (χ2n) is 5.58. The molecule has 0 fully saturated rings. The predicted molar refractivity (Wildman–Crippen MR) is 94.0 cm³/mol. The molecule has 0 aliphatic carbocycles. The van der Waals surface area contributed by atoms with E-state index in [0.717, 1.165) is 5.39 Å². The minimum Gasteiger partial charge on any atom is -0.389 e. The molecular formula is C16H12ClN5O3. The molecular weight excluding hydrogens is 346 g/mol. The van der Waals surface area contributed by atoms with Crippen LogP contribution in [0.2, 0.25) is 5.02 Å². The van der Waals surface area contributed by atoms with Crippen LogP contribution < -0.4 is 16.6 Å². The summed E-state index contributed by atoms with van der Waals surface area (Å²) in [5, 5.41) is 4.44. The van der Waals surface area contributed by atoms with Crippen LogP contribution in [0.25, 0.3) is 22.1 Å². The van der Waals surface area contributed by atoms with E-state index in [1.807, 2.05) is 6.92 Å². The van der Waals surface area contributed by atoms with Gasteiger partial charge in [-0.15, -0.1) is 0 Å². The van der Waals surface area contributed by atoms with Gasteiger partial charge in [0.15, 0.2) is 0 Å². The molecule has 0 saturated heterocycles. The predicted octanol–water partition coefficient (Wildman–Crippen LogP) is 2.58. The van der Waals surface area contributed by atoms with Gasteiger partial charge in [-0.05, 0) is 31.2 Å². The average Bonchev–Trinajstić information content (AvgIpc) is 2.93. The summed E-state index contributed by atoms with van der Waals surface area (Å²) < 4.78 is 4.91. The molecule has 126 valence electrons. The number of aromatic nitrogens is 4. The van der Waals surface area contributed by atoms with Crippen LogP contribution in [0.5, 0.6) is 0 Å². The average molecular weight is 358 g/mol. The van der Waals surface area contributed by atoms with E-state index < -0.39 is 5.76 Å². The van der Waals surface area contributed by atoms with E-state index >= 15 is 0 Å². The molecule has 0 saturated carbocycles. The lowest BCUT2D eigenvalue weighted by molar-refractivity contribution is 0.545. The maximum absolute atomic E-state index is 12.3. The zero-order valence-corrected chi connectivity index (χ0v) is 13.7. The Morgan fingerprint density at radius 3 is 2.88 bits per heavy atom. The normalized spacial score (nSPS) is 12.6. The van der Waals surface area contributed by atoms with Crippen molar-refractivity contribution in [2.45, 2.75) is 13.0 Å². The second-order valence-corrected chi connectivity index (χ2v) is 6.01. The van der Waals surface area contributed by atoms with Gasteiger partial charge in [0.05, 0.1) is 12.2 Å². The Morgan fingerprint density at radius 1 is 1.20 bits per heavy atom. The molecule has 3 aromatic heterocycles. The molecule has 0 unspecified atom stereocenters. The fraction of sp³-hybridized carbons (Fsp3) is 0.125. The Balaban J connectivity index is 1.70. The molecule has 0 aliphatic rings. The fourth-order valence-corrected chi connectivity index (χ4v) is 2.79. The van der Waals surface area contributed by atoms with Crippen LogP contribution in [0, 0.1) is 0 Å². The van der Waals surface area contributed by atoms with Crippen LogP contribution in [0.4, 0.5) is 5.95 Å². The highest BCUT2D eigenvalue weighted by Gasteiger charge is 2.14. The first-order chi connectivity index (χ1) is 12.0. The first-order valence-corrected chi connectivity index (χ1v) is 7.82. The number of hydrogen-bond donors (Lipinski definition) is 3. The summed E-state index contributed by atoms with van der Waals surface area (Å²) in [6.07, 6.45) is 1.44. The number of oxazole rings is 1. The van der Waals surface area contributed by atoms with E-state index in [0.29, 0.717) is 21.6 Å². The van der Waals surface area contributed by atoms with Crippen molar-refractivity contribution in [3.63, 3.8) is 0 Å². The monoisotopic (exact) mass is 357 g/mol. The van der Waals surface area contributed by atoms with Gasteiger partial charge in [0, 0.05) is 21.5 Å². The van der Waals surface area contributed by atoms with Crippen molar-refractivity contribution in [1.82, 2.24) is 19.9 Å². The first kappa shape index (κ1) is 15.4. The van der Waals surface area contributed by atoms with Gasteiger partial charge in [-0.1, -0.05) is 11.6 Å². The van der Waals surface area contributed by atoms with Gasteiger partial charge in [-0.2, -0.15) is 4.98 Å². The van der Waals surface area contributed by atoms with Crippen LogP contribution in [-0.4, -0.2) is 19.9 Å². The van der Waals surface area contributed by atoms with Gasteiger partial charge in [0.25, 0.3) is 11.3 Å². The largest absolute Gasteiger partial charge is 0.418 e. The molecule has 0 amide bonds. The zero-order valence-electron chi connectivity index (χ0n) is 13.0. The van der Waals surface area contributed by atoms with E-state index in [-0.39, 0.29) is 23.3 Å². The number of H-pyrrole nitrogens is 2. The van der Waals surface area contributed by atoms with Gasteiger partial charge < -0.3 is 14.7 Å². The molecule has 0 spiro atoms. The summed E-state index contributed by atoms with van der Waals surface area (Å²) in [5.41, 5.74) is 1.55. The van der Waals surface area contributed by atoms with Crippen molar-refractivity contribution in [1.29, 1.82) is 0 Å². The van der Waals surface area contributed by atoms with Crippen LogP contribution in [0.3, 0.4) is 0 Å². The van der Waals surface area contributed by atoms with Crippen LogP contribution in [-0.2, 0) is 0 Å². The Labute approximate surface area is 144 Å². The number of pyridine rings is 1. The quantitative estimate of drug-likeness (QED) is 0.519. The van der Waals surface area contributed by atoms with E-state index in [1.54, 1.807) is 24.3 Å². The third-order valence-corrected chi connectivity index (χ3v) is 4.06. The van der Waals surface area contributed by atoms with Gasteiger partial charge in [-0.25, -0.2) is 9.78 Å². The van der Waals surface area contributed by atoms with Gasteiger partial charge in [0.1, 0.15) is 5.52 Å². The Kier molecular flexibility index (Phi) is 3.54. The number of nitrogens with zero attached hydrogens (tertiary/aromatic N) is 2. The molecule has 3 N–H and O–H groups in total. The molecule has 4 aromatic rings. The summed E-state index contributed by atoms with van der Waals surface area (Å²) >= 11 is 6.01. The maximum atomic E-state index is 12.3. The van der Waals surface area contributed by atoms with E-state index in [1.165, 1.54) is 6.20 Å². The number of fused-ring (bicyclic) bond motifs is 2. The topological polar surface area (TPSA) is 117 Å². The third kappa shape index (κ3) is 2.87. The van der Waals surface area contributed by atoms with Crippen molar-refractivity contribution in [3.8, 4) is 0 Å². The smallest absolute Gasteiger partial charge is 0.389 e. The fourth-order valence-electron chi connectivity index (χ4n) is 2.61. The SMILES string of the molecule is C[C@H](Nc1ncc2[nH]c(=O)oc2n1)c1cc2cc(Cl)ccc2[nH]c1=O. The number of anilines is 1. The number of hydrogen-bond acceptors (Lipinski definition) is 6. The highest BCUT2D eigenvalue weighted by molar-refractivity contribution is 6.31. The highest BCUT2D eigenvalue weighted by atomic mass is 35.5. The summed E-state index contributed by atoms with van der Waals surface area (Å²) in [4.78, 5) is 37.0. The molecule has 0 bridgehead atoms.